The molecular formula is C15H10N2O4. The van der Waals surface area contributed by atoms with E-state index in [1.54, 1.807) is 24.3 Å². The van der Waals surface area contributed by atoms with Gasteiger partial charge in [0.1, 0.15) is 5.75 Å². The molecule has 0 aliphatic carbocycles. The maximum atomic E-state index is 11.8. The fraction of sp³-hybridized carbons (Fsp3) is 0. The van der Waals surface area contributed by atoms with Crippen LogP contribution in [0.4, 0.5) is 5.69 Å². The SMILES string of the molecule is NC(=O)c1cc(N2C(=O)C=CC2=O)c2ccccc2c1O. The van der Waals surface area contributed by atoms with Crippen molar-refractivity contribution in [1.29, 1.82) is 0 Å². The average molecular weight is 282 g/mol. The standard InChI is InChI=1S/C15H10N2O4/c16-15(21)10-7-11(17-12(18)5-6-13(17)19)8-3-1-2-4-9(8)14(10)20/h1-7,20H,(H2,16,21). The van der Waals surface area contributed by atoms with Crippen molar-refractivity contribution >= 4 is 34.2 Å². The minimum atomic E-state index is -0.841. The molecule has 2 aromatic rings. The Kier molecular flexibility index (Phi) is 2.72. The first-order chi connectivity index (χ1) is 10.0. The molecule has 0 unspecified atom stereocenters. The molecule has 0 saturated carbocycles. The van der Waals surface area contributed by atoms with E-state index in [0.717, 1.165) is 17.1 Å². The predicted octanol–water partition coefficient (Wildman–Crippen LogP) is 1.07. The number of aromatic hydroxyl groups is 1. The van der Waals surface area contributed by atoms with Crippen LogP contribution in [0, 0.1) is 0 Å². The van der Waals surface area contributed by atoms with Crippen LogP contribution >= 0.6 is 0 Å². The fourth-order valence-electron chi connectivity index (χ4n) is 2.35. The van der Waals surface area contributed by atoms with E-state index >= 15 is 0 Å². The van der Waals surface area contributed by atoms with Gasteiger partial charge < -0.3 is 10.8 Å². The molecule has 0 radical (unpaired) electrons. The molecule has 6 heteroatoms. The molecule has 1 aliphatic heterocycles. The molecule has 104 valence electrons. The van der Waals surface area contributed by atoms with E-state index in [0.29, 0.717) is 10.8 Å². The van der Waals surface area contributed by atoms with Gasteiger partial charge in [0.25, 0.3) is 17.7 Å². The number of rotatable bonds is 2. The van der Waals surface area contributed by atoms with Gasteiger partial charge in [-0.1, -0.05) is 24.3 Å². The number of phenols is 1. The minimum absolute atomic E-state index is 0.142. The summed E-state index contributed by atoms with van der Waals surface area (Å²) in [4.78, 5) is 36.1. The number of hydrogen-bond acceptors (Lipinski definition) is 4. The summed E-state index contributed by atoms with van der Waals surface area (Å²) in [6.45, 7) is 0. The number of carbonyl (C=O) groups excluding carboxylic acids is 3. The molecule has 3 N–H and O–H groups in total. The van der Waals surface area contributed by atoms with Gasteiger partial charge in [-0.3, -0.25) is 14.4 Å². The number of nitrogens with two attached hydrogens (primary N) is 1. The summed E-state index contributed by atoms with van der Waals surface area (Å²) in [7, 11) is 0. The zero-order valence-corrected chi connectivity index (χ0v) is 10.7. The summed E-state index contributed by atoms with van der Waals surface area (Å²) in [5, 5.41) is 10.9. The smallest absolute Gasteiger partial charge is 0.258 e. The van der Waals surface area contributed by atoms with E-state index in [1.807, 2.05) is 0 Å². The third-order valence-electron chi connectivity index (χ3n) is 3.31. The lowest BCUT2D eigenvalue weighted by molar-refractivity contribution is -0.119. The lowest BCUT2D eigenvalue weighted by Crippen LogP contribution is -2.30. The largest absolute Gasteiger partial charge is 0.506 e. The average Bonchev–Trinajstić information content (AvgIpc) is 2.79. The van der Waals surface area contributed by atoms with Crippen LogP contribution in [0.3, 0.4) is 0 Å². The number of fused-ring (bicyclic) bond motifs is 1. The molecule has 21 heavy (non-hydrogen) atoms. The molecule has 0 atom stereocenters. The molecular weight excluding hydrogens is 272 g/mol. The molecule has 0 bridgehead atoms. The lowest BCUT2D eigenvalue weighted by atomic mass is 10.0. The van der Waals surface area contributed by atoms with E-state index in [4.69, 9.17) is 5.73 Å². The zero-order chi connectivity index (χ0) is 15.1. The molecule has 2 aromatic carbocycles. The predicted molar refractivity (Wildman–Crippen MR) is 75.8 cm³/mol. The number of carbonyl (C=O) groups is 3. The summed E-state index contributed by atoms with van der Waals surface area (Å²) in [5.74, 6) is -2.13. The van der Waals surface area contributed by atoms with Crippen molar-refractivity contribution in [2.24, 2.45) is 5.73 Å². The van der Waals surface area contributed by atoms with Crippen molar-refractivity contribution in [3.8, 4) is 5.75 Å². The van der Waals surface area contributed by atoms with Crippen LogP contribution in [0.2, 0.25) is 0 Å². The third-order valence-corrected chi connectivity index (χ3v) is 3.31. The normalized spacial score (nSPS) is 14.2. The molecule has 3 rings (SSSR count). The second-order valence-electron chi connectivity index (χ2n) is 4.55. The highest BCUT2D eigenvalue weighted by atomic mass is 16.3. The van der Waals surface area contributed by atoms with Gasteiger partial charge in [-0.2, -0.15) is 0 Å². The van der Waals surface area contributed by atoms with Crippen LogP contribution in [0.5, 0.6) is 5.75 Å². The van der Waals surface area contributed by atoms with E-state index < -0.39 is 17.7 Å². The molecule has 3 amide bonds. The number of imide groups is 1. The van der Waals surface area contributed by atoms with Gasteiger partial charge in [-0.25, -0.2) is 4.90 Å². The van der Waals surface area contributed by atoms with Crippen molar-refractivity contribution in [1.82, 2.24) is 0 Å². The molecule has 0 saturated heterocycles. The summed E-state index contributed by atoms with van der Waals surface area (Å²) in [6.07, 6.45) is 2.29. The third kappa shape index (κ3) is 1.85. The Balaban J connectivity index is 2.37. The second kappa shape index (κ2) is 4.45. The first kappa shape index (κ1) is 12.9. The van der Waals surface area contributed by atoms with Crippen molar-refractivity contribution in [2.45, 2.75) is 0 Å². The van der Waals surface area contributed by atoms with Crippen LogP contribution < -0.4 is 10.6 Å². The Hall–Kier alpha value is -3.15. The van der Waals surface area contributed by atoms with Crippen LogP contribution in [-0.2, 0) is 9.59 Å². The molecule has 6 nitrogen and oxygen atoms in total. The minimum Gasteiger partial charge on any atom is -0.506 e. The Bertz CT molecular complexity index is 821. The van der Waals surface area contributed by atoms with Crippen molar-refractivity contribution in [2.75, 3.05) is 4.90 Å². The first-order valence-electron chi connectivity index (χ1n) is 6.11. The van der Waals surface area contributed by atoms with Gasteiger partial charge in [0.05, 0.1) is 11.3 Å². The van der Waals surface area contributed by atoms with Gasteiger partial charge >= 0.3 is 0 Å². The van der Waals surface area contributed by atoms with E-state index in [2.05, 4.69) is 0 Å². The fourth-order valence-corrected chi connectivity index (χ4v) is 2.35. The summed E-state index contributed by atoms with van der Waals surface area (Å²) in [6, 6.07) is 7.85. The van der Waals surface area contributed by atoms with Gasteiger partial charge in [0.2, 0.25) is 0 Å². The highest BCUT2D eigenvalue weighted by molar-refractivity contribution is 6.30. The van der Waals surface area contributed by atoms with Crippen LogP contribution in [-0.4, -0.2) is 22.8 Å². The highest BCUT2D eigenvalue weighted by Crippen LogP contribution is 2.37. The van der Waals surface area contributed by atoms with Gasteiger partial charge in [-0.05, 0) is 6.07 Å². The number of hydrogen-bond donors (Lipinski definition) is 2. The van der Waals surface area contributed by atoms with Crippen molar-refractivity contribution < 1.29 is 19.5 Å². The summed E-state index contributed by atoms with van der Waals surface area (Å²) in [5.41, 5.74) is 5.32. The lowest BCUT2D eigenvalue weighted by Gasteiger charge is -2.18. The van der Waals surface area contributed by atoms with E-state index in [1.165, 1.54) is 6.07 Å². The maximum absolute atomic E-state index is 11.8. The summed E-state index contributed by atoms with van der Waals surface area (Å²) >= 11 is 0. The Morgan fingerprint density at radius 3 is 2.19 bits per heavy atom. The number of benzene rings is 2. The number of primary amides is 1. The van der Waals surface area contributed by atoms with E-state index in [-0.39, 0.29) is 17.0 Å². The molecule has 0 aromatic heterocycles. The quantitative estimate of drug-likeness (QED) is 0.804. The van der Waals surface area contributed by atoms with Gasteiger partial charge in [0, 0.05) is 22.9 Å². The Morgan fingerprint density at radius 2 is 1.62 bits per heavy atom. The van der Waals surface area contributed by atoms with Gasteiger partial charge in [-0.15, -0.1) is 0 Å². The second-order valence-corrected chi connectivity index (χ2v) is 4.55. The van der Waals surface area contributed by atoms with Crippen LogP contribution in [0.15, 0.2) is 42.5 Å². The number of nitrogens with zero attached hydrogens (tertiary/aromatic N) is 1. The monoisotopic (exact) mass is 282 g/mol. The topological polar surface area (TPSA) is 101 Å². The van der Waals surface area contributed by atoms with E-state index in [9.17, 15) is 19.5 Å². The van der Waals surface area contributed by atoms with Crippen molar-refractivity contribution in [3.63, 3.8) is 0 Å². The Morgan fingerprint density at radius 1 is 1.05 bits per heavy atom. The van der Waals surface area contributed by atoms with Crippen LogP contribution in [0.1, 0.15) is 10.4 Å². The van der Waals surface area contributed by atoms with Gasteiger partial charge in [0.15, 0.2) is 0 Å². The van der Waals surface area contributed by atoms with Crippen molar-refractivity contribution in [3.05, 3.63) is 48.0 Å². The number of anilines is 1. The highest BCUT2D eigenvalue weighted by Gasteiger charge is 2.28. The zero-order valence-electron chi connectivity index (χ0n) is 10.7. The molecule has 1 aliphatic rings. The molecule has 0 fully saturated rings. The molecule has 0 spiro atoms. The Labute approximate surface area is 119 Å². The summed E-state index contributed by atoms with van der Waals surface area (Å²) < 4.78 is 0. The first-order valence-corrected chi connectivity index (χ1v) is 6.11. The van der Waals surface area contributed by atoms with Crippen LogP contribution in [0.25, 0.3) is 10.8 Å². The maximum Gasteiger partial charge on any atom is 0.258 e. The number of amides is 3. The molecule has 1 heterocycles.